The first-order chi connectivity index (χ1) is 12.8. The second-order valence-electron chi connectivity index (χ2n) is 5.58. The van der Waals surface area contributed by atoms with Crippen LogP contribution in [0.2, 0.25) is 0 Å². The van der Waals surface area contributed by atoms with Crippen molar-refractivity contribution in [1.29, 1.82) is 0 Å². The van der Waals surface area contributed by atoms with Crippen LogP contribution in [0.15, 0.2) is 60.9 Å². The molecule has 130 valence electrons. The third kappa shape index (κ3) is 3.02. The summed E-state index contributed by atoms with van der Waals surface area (Å²) in [5, 5.41) is 8.47. The summed E-state index contributed by atoms with van der Waals surface area (Å²) >= 11 is 0. The number of benzene rings is 2. The molecule has 0 amide bonds. The number of rotatable bonds is 5. The van der Waals surface area contributed by atoms with Gasteiger partial charge < -0.3 is 14.8 Å². The fourth-order valence-electron chi connectivity index (χ4n) is 2.62. The molecule has 0 bridgehead atoms. The first kappa shape index (κ1) is 15.9. The van der Waals surface area contributed by atoms with Gasteiger partial charge in [-0.1, -0.05) is 6.07 Å². The van der Waals surface area contributed by atoms with Crippen molar-refractivity contribution in [2.24, 2.45) is 0 Å². The number of ether oxygens (including phenoxy) is 2. The molecule has 0 saturated carbocycles. The summed E-state index contributed by atoms with van der Waals surface area (Å²) in [5.41, 5.74) is 2.46. The maximum atomic E-state index is 5.24. The zero-order valence-corrected chi connectivity index (χ0v) is 14.4. The number of fused-ring (bicyclic) bond motifs is 1. The molecule has 7 nitrogen and oxygen atoms in total. The molecule has 7 heteroatoms. The predicted molar refractivity (Wildman–Crippen MR) is 99.5 cm³/mol. The van der Waals surface area contributed by atoms with Gasteiger partial charge in [-0.05, 0) is 36.4 Å². The van der Waals surface area contributed by atoms with Gasteiger partial charge >= 0.3 is 0 Å². The first-order valence-corrected chi connectivity index (χ1v) is 8.03. The SMILES string of the molecule is COc1ccc(-n2ncc3cnc(Nc4cccc(OC)c4)nc32)cc1. The minimum absolute atomic E-state index is 0.487. The molecule has 4 rings (SSSR count). The van der Waals surface area contributed by atoms with Crippen LogP contribution in [0, 0.1) is 0 Å². The number of hydrogen-bond acceptors (Lipinski definition) is 6. The van der Waals surface area contributed by atoms with E-state index in [0.29, 0.717) is 5.95 Å². The maximum Gasteiger partial charge on any atom is 0.229 e. The van der Waals surface area contributed by atoms with Crippen LogP contribution in [0.3, 0.4) is 0 Å². The fourth-order valence-corrected chi connectivity index (χ4v) is 2.62. The average Bonchev–Trinajstić information content (AvgIpc) is 3.11. The second kappa shape index (κ2) is 6.72. The highest BCUT2D eigenvalue weighted by atomic mass is 16.5. The molecule has 26 heavy (non-hydrogen) atoms. The van der Waals surface area contributed by atoms with Crippen LogP contribution in [0.4, 0.5) is 11.6 Å². The van der Waals surface area contributed by atoms with E-state index < -0.39 is 0 Å². The Bertz CT molecular complexity index is 1040. The van der Waals surface area contributed by atoms with Crippen molar-refractivity contribution < 1.29 is 9.47 Å². The molecule has 0 saturated heterocycles. The summed E-state index contributed by atoms with van der Waals surface area (Å²) in [6, 6.07) is 15.2. The zero-order valence-electron chi connectivity index (χ0n) is 14.4. The number of nitrogens with one attached hydrogen (secondary N) is 1. The van der Waals surface area contributed by atoms with Gasteiger partial charge in [0.1, 0.15) is 11.5 Å². The van der Waals surface area contributed by atoms with Gasteiger partial charge in [0.25, 0.3) is 0 Å². The van der Waals surface area contributed by atoms with Crippen LogP contribution in [0.1, 0.15) is 0 Å². The van der Waals surface area contributed by atoms with Crippen LogP contribution < -0.4 is 14.8 Å². The van der Waals surface area contributed by atoms with E-state index >= 15 is 0 Å². The van der Waals surface area contributed by atoms with Crippen molar-refractivity contribution >= 4 is 22.7 Å². The molecule has 2 aromatic carbocycles. The topological polar surface area (TPSA) is 74.1 Å². The molecule has 0 radical (unpaired) electrons. The van der Waals surface area contributed by atoms with Crippen molar-refractivity contribution in [3.8, 4) is 17.2 Å². The van der Waals surface area contributed by atoms with E-state index in [2.05, 4.69) is 20.4 Å². The third-order valence-electron chi connectivity index (χ3n) is 3.95. The van der Waals surface area contributed by atoms with Crippen molar-refractivity contribution in [1.82, 2.24) is 19.7 Å². The smallest absolute Gasteiger partial charge is 0.229 e. The van der Waals surface area contributed by atoms with E-state index in [4.69, 9.17) is 9.47 Å². The molecule has 0 fully saturated rings. The first-order valence-electron chi connectivity index (χ1n) is 8.03. The summed E-state index contributed by atoms with van der Waals surface area (Å²) in [6.07, 6.45) is 3.49. The molecule has 0 aliphatic carbocycles. The normalized spacial score (nSPS) is 10.7. The number of nitrogens with zero attached hydrogens (tertiary/aromatic N) is 4. The quantitative estimate of drug-likeness (QED) is 0.595. The largest absolute Gasteiger partial charge is 0.497 e. The Morgan fingerprint density at radius 1 is 0.923 bits per heavy atom. The van der Waals surface area contributed by atoms with Gasteiger partial charge in [-0.25, -0.2) is 9.67 Å². The minimum Gasteiger partial charge on any atom is -0.497 e. The van der Waals surface area contributed by atoms with Crippen LogP contribution in [0.5, 0.6) is 11.5 Å². The van der Waals surface area contributed by atoms with Crippen molar-refractivity contribution in [3.63, 3.8) is 0 Å². The molecular formula is C19H17N5O2. The summed E-state index contributed by atoms with van der Waals surface area (Å²) in [4.78, 5) is 8.97. The second-order valence-corrected chi connectivity index (χ2v) is 5.58. The number of methoxy groups -OCH3 is 2. The van der Waals surface area contributed by atoms with E-state index in [1.807, 2.05) is 48.5 Å². The highest BCUT2D eigenvalue weighted by molar-refractivity contribution is 5.77. The van der Waals surface area contributed by atoms with Crippen molar-refractivity contribution in [2.45, 2.75) is 0 Å². The van der Waals surface area contributed by atoms with Crippen molar-refractivity contribution in [2.75, 3.05) is 19.5 Å². The molecular weight excluding hydrogens is 330 g/mol. The van der Waals surface area contributed by atoms with E-state index in [1.165, 1.54) is 0 Å². The van der Waals surface area contributed by atoms with Crippen LogP contribution in [-0.4, -0.2) is 34.0 Å². The standard InChI is InChI=1S/C19H17N5O2/c1-25-16-8-6-15(7-9-16)24-18-13(12-21-24)11-20-19(23-18)22-14-4-3-5-17(10-14)26-2/h3-12H,1-2H3,(H,20,22,23). The Morgan fingerprint density at radius 3 is 2.50 bits per heavy atom. The van der Waals surface area contributed by atoms with Crippen LogP contribution in [0.25, 0.3) is 16.7 Å². The Hall–Kier alpha value is -3.61. The molecule has 0 aliphatic rings. The zero-order chi connectivity index (χ0) is 17.9. The predicted octanol–water partition coefficient (Wildman–Crippen LogP) is 3.58. The highest BCUT2D eigenvalue weighted by Crippen LogP contribution is 2.22. The molecule has 2 aromatic heterocycles. The van der Waals surface area contributed by atoms with Gasteiger partial charge in [0.2, 0.25) is 5.95 Å². The third-order valence-corrected chi connectivity index (χ3v) is 3.95. The number of anilines is 2. The van der Waals surface area contributed by atoms with E-state index in [-0.39, 0.29) is 0 Å². The Balaban J connectivity index is 1.69. The van der Waals surface area contributed by atoms with E-state index in [9.17, 15) is 0 Å². The average molecular weight is 347 g/mol. The molecule has 2 heterocycles. The van der Waals surface area contributed by atoms with Gasteiger partial charge in [-0.2, -0.15) is 10.1 Å². The molecule has 4 aromatic rings. The van der Waals surface area contributed by atoms with Gasteiger partial charge in [-0.15, -0.1) is 0 Å². The lowest BCUT2D eigenvalue weighted by Gasteiger charge is -2.08. The Kier molecular flexibility index (Phi) is 4.10. The molecule has 0 spiro atoms. The highest BCUT2D eigenvalue weighted by Gasteiger charge is 2.09. The molecule has 0 aliphatic heterocycles. The maximum absolute atomic E-state index is 5.24. The summed E-state index contributed by atoms with van der Waals surface area (Å²) in [7, 11) is 3.27. The van der Waals surface area contributed by atoms with Crippen molar-refractivity contribution in [3.05, 3.63) is 60.9 Å². The Morgan fingerprint density at radius 2 is 1.73 bits per heavy atom. The Labute approximate surface area is 150 Å². The fraction of sp³-hybridized carbons (Fsp3) is 0.105. The molecule has 1 N–H and O–H groups in total. The van der Waals surface area contributed by atoms with Crippen LogP contribution >= 0.6 is 0 Å². The minimum atomic E-state index is 0.487. The number of hydrogen-bond donors (Lipinski definition) is 1. The van der Waals surface area contributed by atoms with Gasteiger partial charge in [0, 0.05) is 18.0 Å². The lowest BCUT2D eigenvalue weighted by molar-refractivity contribution is 0.414. The van der Waals surface area contributed by atoms with E-state index in [1.54, 1.807) is 31.3 Å². The summed E-state index contributed by atoms with van der Waals surface area (Å²) in [6.45, 7) is 0. The van der Waals surface area contributed by atoms with Gasteiger partial charge in [-0.3, -0.25) is 0 Å². The summed E-state index contributed by atoms with van der Waals surface area (Å²) < 4.78 is 12.2. The summed E-state index contributed by atoms with van der Waals surface area (Å²) in [5.74, 6) is 2.04. The number of aromatic nitrogens is 4. The molecule has 0 unspecified atom stereocenters. The molecule has 0 atom stereocenters. The lowest BCUT2D eigenvalue weighted by Crippen LogP contribution is -2.01. The van der Waals surface area contributed by atoms with Crippen LogP contribution in [-0.2, 0) is 0 Å². The monoisotopic (exact) mass is 347 g/mol. The lowest BCUT2D eigenvalue weighted by atomic mass is 10.3. The van der Waals surface area contributed by atoms with Gasteiger partial charge in [0.05, 0.1) is 31.5 Å². The van der Waals surface area contributed by atoms with E-state index in [0.717, 1.165) is 33.9 Å². The van der Waals surface area contributed by atoms with Gasteiger partial charge in [0.15, 0.2) is 5.65 Å².